The number of hydrogen-bond donors (Lipinski definition) is 2. The highest BCUT2D eigenvalue weighted by Crippen LogP contribution is 2.19. The van der Waals surface area contributed by atoms with E-state index in [1.54, 1.807) is 17.0 Å². The van der Waals surface area contributed by atoms with Gasteiger partial charge in [-0.15, -0.1) is 0 Å². The number of nitrogen functional groups attached to an aromatic ring is 1. The second-order valence-corrected chi connectivity index (χ2v) is 4.77. The van der Waals surface area contributed by atoms with E-state index in [0.29, 0.717) is 16.7 Å². The van der Waals surface area contributed by atoms with Crippen LogP contribution in [0.2, 0.25) is 5.15 Å². The molecule has 1 aliphatic rings. The third-order valence-corrected chi connectivity index (χ3v) is 3.20. The van der Waals surface area contributed by atoms with E-state index in [1.165, 1.54) is 0 Å². The fourth-order valence-electron chi connectivity index (χ4n) is 1.93. The number of rotatable bonds is 2. The van der Waals surface area contributed by atoms with Crippen LogP contribution in [0.4, 0.5) is 5.69 Å². The van der Waals surface area contributed by atoms with Gasteiger partial charge in [-0.25, -0.2) is 0 Å². The van der Waals surface area contributed by atoms with Crippen LogP contribution in [-0.4, -0.2) is 26.2 Å². The topological polar surface area (TPSA) is 53.8 Å². The maximum Gasteiger partial charge on any atom is 0.391 e. The number of hydrogen-bond acceptors (Lipinski definition) is 2. The Labute approximate surface area is 125 Å². The molecule has 0 radical (unpaired) electrons. The predicted octanol–water partition coefficient (Wildman–Crippen LogP) is -6.20. The van der Waals surface area contributed by atoms with Crippen LogP contribution in [0.25, 0.3) is 0 Å². The molecule has 0 atom stereocenters. The van der Waals surface area contributed by atoms with Crippen molar-refractivity contribution < 1.29 is 39.4 Å². The van der Waals surface area contributed by atoms with Crippen molar-refractivity contribution in [3.8, 4) is 5.88 Å². The number of aromatic nitrogens is 1. The smallest absolute Gasteiger partial charge is 0.391 e. The molecule has 1 fully saturated rings. The first-order valence-corrected chi connectivity index (χ1v) is 5.98. The fourth-order valence-corrected chi connectivity index (χ4v) is 2.08. The Morgan fingerprint density at radius 3 is 2.56 bits per heavy atom. The van der Waals surface area contributed by atoms with Crippen LogP contribution in [0.15, 0.2) is 12.1 Å². The molecule has 1 saturated heterocycles. The van der Waals surface area contributed by atoms with Gasteiger partial charge in [-0.3, -0.25) is 0 Å². The molecule has 4 N–H and O–H groups in total. The average Bonchev–Trinajstić information content (AvgIpc) is 2.27. The molecule has 4 nitrogen and oxygen atoms in total. The van der Waals surface area contributed by atoms with E-state index in [1.807, 2.05) is 0 Å². The number of likely N-dealkylation sites (tertiary alicyclic amines) is 1. The van der Waals surface area contributed by atoms with E-state index in [2.05, 4.69) is 12.0 Å². The SMILES string of the molecule is C[NH+]1CCC(Oc2[nH+]c(Cl)ccc2N)CC1.[Cl-].[Cl-]. The summed E-state index contributed by atoms with van der Waals surface area (Å²) in [6.07, 6.45) is 2.37. The molecule has 0 aromatic carbocycles. The number of aromatic amines is 1. The molecule has 0 spiro atoms. The van der Waals surface area contributed by atoms with Crippen LogP contribution in [0.5, 0.6) is 5.88 Å². The van der Waals surface area contributed by atoms with Crippen molar-refractivity contribution in [2.45, 2.75) is 18.9 Å². The molecule has 1 aliphatic heterocycles. The van der Waals surface area contributed by atoms with Gasteiger partial charge in [0.05, 0.1) is 20.1 Å². The summed E-state index contributed by atoms with van der Waals surface area (Å²) in [5.41, 5.74) is 6.42. The minimum absolute atomic E-state index is 0. The van der Waals surface area contributed by atoms with Gasteiger partial charge in [0.1, 0.15) is 11.8 Å². The standard InChI is InChI=1S/C11H16ClN3O.2ClH/c1-15-6-4-8(5-7-15)16-11-9(13)2-3-10(12)14-11;;/h2-3,8H,4-7,13H2,1H3;2*1H. The predicted molar refractivity (Wildman–Crippen MR) is 62.7 cm³/mol. The zero-order valence-corrected chi connectivity index (χ0v) is 12.4. The first-order chi connectivity index (χ1) is 7.65. The van der Waals surface area contributed by atoms with Crippen LogP contribution in [0, 0.1) is 0 Å². The van der Waals surface area contributed by atoms with Gasteiger partial charge in [0.2, 0.25) is 0 Å². The van der Waals surface area contributed by atoms with Gasteiger partial charge < -0.3 is 40.2 Å². The molecule has 0 bridgehead atoms. The Hall–Kier alpha value is -0.420. The highest BCUT2D eigenvalue weighted by atomic mass is 35.5. The maximum absolute atomic E-state index is 5.86. The summed E-state index contributed by atoms with van der Waals surface area (Å²) < 4.78 is 5.84. The summed E-state index contributed by atoms with van der Waals surface area (Å²) in [5.74, 6) is 0.594. The molecule has 1 aromatic rings. The zero-order chi connectivity index (χ0) is 11.5. The van der Waals surface area contributed by atoms with Gasteiger partial charge in [0.25, 0.3) is 5.15 Å². The van der Waals surface area contributed by atoms with E-state index in [-0.39, 0.29) is 30.9 Å². The van der Waals surface area contributed by atoms with Crippen molar-refractivity contribution in [3.63, 3.8) is 0 Å². The average molecular weight is 315 g/mol. The minimum atomic E-state index is 0. The van der Waals surface area contributed by atoms with Crippen LogP contribution >= 0.6 is 11.6 Å². The molecule has 7 heteroatoms. The normalized spacial score (nSPS) is 22.6. The Bertz CT molecular complexity index is 371. The van der Waals surface area contributed by atoms with Crippen LogP contribution in [0.1, 0.15) is 12.8 Å². The number of piperidine rings is 1. The first-order valence-electron chi connectivity index (χ1n) is 5.60. The summed E-state index contributed by atoms with van der Waals surface area (Å²) in [4.78, 5) is 4.50. The van der Waals surface area contributed by atoms with Crippen LogP contribution < -0.4 is 45.2 Å². The van der Waals surface area contributed by atoms with Crippen molar-refractivity contribution in [2.24, 2.45) is 0 Å². The number of anilines is 1. The third-order valence-electron chi connectivity index (χ3n) is 2.98. The summed E-state index contributed by atoms with van der Waals surface area (Å²) >= 11 is 5.86. The van der Waals surface area contributed by atoms with Crippen LogP contribution in [0.3, 0.4) is 0 Å². The molecule has 0 saturated carbocycles. The van der Waals surface area contributed by atoms with Crippen molar-refractivity contribution in [1.82, 2.24) is 0 Å². The highest BCUT2D eigenvalue weighted by molar-refractivity contribution is 6.28. The first kappa shape index (κ1) is 17.6. The monoisotopic (exact) mass is 313 g/mol. The molecular weight excluding hydrogens is 296 g/mol. The lowest BCUT2D eigenvalue weighted by Gasteiger charge is -2.25. The van der Waals surface area contributed by atoms with Gasteiger partial charge in [0, 0.05) is 18.9 Å². The van der Waals surface area contributed by atoms with E-state index in [4.69, 9.17) is 22.1 Å². The van der Waals surface area contributed by atoms with Crippen molar-refractivity contribution in [2.75, 3.05) is 25.9 Å². The number of H-pyrrole nitrogens is 1. The largest absolute Gasteiger partial charge is 1.00 e. The van der Waals surface area contributed by atoms with E-state index in [9.17, 15) is 0 Å². The van der Waals surface area contributed by atoms with Gasteiger partial charge >= 0.3 is 5.88 Å². The molecule has 0 aliphatic carbocycles. The lowest BCUT2D eigenvalue weighted by atomic mass is 10.1. The summed E-state index contributed by atoms with van der Waals surface area (Å²) in [5, 5.41) is 0.544. The maximum atomic E-state index is 5.86. The van der Waals surface area contributed by atoms with E-state index in [0.717, 1.165) is 25.9 Å². The molecule has 1 aromatic heterocycles. The van der Waals surface area contributed by atoms with Crippen molar-refractivity contribution in [1.29, 1.82) is 0 Å². The van der Waals surface area contributed by atoms with Crippen LogP contribution in [-0.2, 0) is 0 Å². The van der Waals surface area contributed by atoms with Crippen molar-refractivity contribution >= 4 is 17.3 Å². The zero-order valence-electron chi connectivity index (χ0n) is 10.2. The molecule has 0 unspecified atom stereocenters. The number of nitrogens with two attached hydrogens (primary N) is 1. The Kier molecular flexibility index (Phi) is 7.71. The summed E-state index contributed by atoms with van der Waals surface area (Å²) in [6.45, 7) is 2.29. The number of halogens is 3. The molecule has 104 valence electrons. The minimum Gasteiger partial charge on any atom is -1.00 e. The highest BCUT2D eigenvalue weighted by Gasteiger charge is 2.24. The number of nitrogens with one attached hydrogen (secondary N) is 2. The molecular formula is C11H18Cl3N3O. The fraction of sp³-hybridized carbons (Fsp3) is 0.545. The summed E-state index contributed by atoms with van der Waals surface area (Å²) in [6, 6.07) is 3.48. The number of pyridine rings is 1. The second kappa shape index (κ2) is 7.89. The quantitative estimate of drug-likeness (QED) is 0.534. The lowest BCUT2D eigenvalue weighted by Crippen LogP contribution is -3.10. The summed E-state index contributed by atoms with van der Waals surface area (Å²) in [7, 11) is 2.20. The van der Waals surface area contributed by atoms with Gasteiger partial charge in [0.15, 0.2) is 0 Å². The Morgan fingerprint density at radius 1 is 1.33 bits per heavy atom. The molecule has 2 heterocycles. The Morgan fingerprint density at radius 2 is 1.94 bits per heavy atom. The van der Waals surface area contributed by atoms with E-state index < -0.39 is 0 Å². The second-order valence-electron chi connectivity index (χ2n) is 4.37. The Balaban J connectivity index is 0.00000144. The molecule has 0 amide bonds. The van der Waals surface area contributed by atoms with Crippen molar-refractivity contribution in [3.05, 3.63) is 17.3 Å². The van der Waals surface area contributed by atoms with Gasteiger partial charge in [-0.05, 0) is 17.7 Å². The van der Waals surface area contributed by atoms with Gasteiger partial charge in [-0.1, -0.05) is 0 Å². The van der Waals surface area contributed by atoms with E-state index >= 15 is 0 Å². The number of quaternary nitrogens is 1. The lowest BCUT2D eigenvalue weighted by molar-refractivity contribution is -0.885. The van der Waals surface area contributed by atoms with Gasteiger partial charge in [-0.2, -0.15) is 4.98 Å². The molecule has 18 heavy (non-hydrogen) atoms. The third kappa shape index (κ3) is 4.69. The number of ether oxygens (including phenoxy) is 1. The molecule has 2 rings (SSSR count).